The molecule has 38 heavy (non-hydrogen) atoms. The SMILES string of the molecule is CC(C)(C)S(=O)N[C@@H]1c2ccccc2CC12CCN(c1ncc3nc(-c4c(Cl)cccc4Cl)oc3n1)CC2. The van der Waals surface area contributed by atoms with Crippen LogP contribution in [0.15, 0.2) is 53.1 Å². The van der Waals surface area contributed by atoms with Crippen LogP contribution in [-0.4, -0.2) is 37.0 Å². The Balaban J connectivity index is 1.25. The van der Waals surface area contributed by atoms with E-state index >= 15 is 0 Å². The maximum absolute atomic E-state index is 13.1. The number of aromatic nitrogens is 3. The Morgan fingerprint density at radius 3 is 2.47 bits per heavy atom. The van der Waals surface area contributed by atoms with Crippen molar-refractivity contribution in [2.24, 2.45) is 5.41 Å². The number of anilines is 1. The Kier molecular flexibility index (Phi) is 6.50. The number of hydrogen-bond donors (Lipinski definition) is 1. The van der Waals surface area contributed by atoms with Gasteiger partial charge in [0.25, 0.3) is 5.71 Å². The Bertz CT molecular complexity index is 1520. The topological polar surface area (TPSA) is 84.2 Å². The summed E-state index contributed by atoms with van der Waals surface area (Å²) in [6.45, 7) is 7.60. The van der Waals surface area contributed by atoms with Gasteiger partial charge in [-0.3, -0.25) is 0 Å². The molecule has 2 aliphatic rings. The third-order valence-corrected chi connectivity index (χ3v) is 9.85. The zero-order chi connectivity index (χ0) is 26.7. The van der Waals surface area contributed by atoms with Crippen molar-refractivity contribution in [2.75, 3.05) is 18.0 Å². The molecule has 0 bridgehead atoms. The summed E-state index contributed by atoms with van der Waals surface area (Å²) in [5.41, 5.74) is 4.09. The normalized spacial score (nSPS) is 19.7. The molecule has 198 valence electrons. The zero-order valence-corrected chi connectivity index (χ0v) is 23.8. The van der Waals surface area contributed by atoms with Crippen molar-refractivity contribution in [1.82, 2.24) is 19.7 Å². The molecule has 4 aromatic rings. The van der Waals surface area contributed by atoms with Gasteiger partial charge in [-0.2, -0.15) is 4.98 Å². The van der Waals surface area contributed by atoms with Gasteiger partial charge in [0.05, 0.1) is 43.6 Å². The highest BCUT2D eigenvalue weighted by Gasteiger charge is 2.49. The summed E-state index contributed by atoms with van der Waals surface area (Å²) < 4.78 is 22.3. The fourth-order valence-electron chi connectivity index (χ4n) is 5.57. The summed E-state index contributed by atoms with van der Waals surface area (Å²) in [4.78, 5) is 16.0. The Morgan fingerprint density at radius 2 is 1.76 bits per heavy atom. The van der Waals surface area contributed by atoms with E-state index in [-0.39, 0.29) is 16.2 Å². The van der Waals surface area contributed by atoms with Crippen molar-refractivity contribution in [2.45, 2.75) is 50.8 Å². The maximum Gasteiger partial charge on any atom is 0.252 e. The predicted molar refractivity (Wildman–Crippen MR) is 153 cm³/mol. The van der Waals surface area contributed by atoms with Gasteiger partial charge in [0, 0.05) is 13.1 Å². The number of nitrogens with one attached hydrogen (secondary N) is 1. The van der Waals surface area contributed by atoms with Crippen molar-refractivity contribution >= 4 is 51.4 Å². The number of benzene rings is 2. The first-order valence-electron chi connectivity index (χ1n) is 12.7. The molecule has 1 spiro atoms. The van der Waals surface area contributed by atoms with Crippen LogP contribution in [0.25, 0.3) is 22.7 Å². The van der Waals surface area contributed by atoms with E-state index in [4.69, 9.17) is 32.6 Å². The Hall–Kier alpha value is -2.52. The lowest BCUT2D eigenvalue weighted by atomic mass is 9.73. The molecular weight excluding hydrogens is 541 g/mol. The van der Waals surface area contributed by atoms with Crippen LogP contribution in [-0.2, 0) is 17.4 Å². The second kappa shape index (κ2) is 9.59. The molecule has 2 aromatic heterocycles. The minimum atomic E-state index is -1.17. The number of piperidine rings is 1. The number of fused-ring (bicyclic) bond motifs is 2. The molecule has 1 aliphatic carbocycles. The van der Waals surface area contributed by atoms with Crippen LogP contribution in [0.1, 0.15) is 50.8 Å². The van der Waals surface area contributed by atoms with Crippen LogP contribution in [0.5, 0.6) is 0 Å². The summed E-state index contributed by atoms with van der Waals surface area (Å²) >= 11 is 12.7. The Labute approximate surface area is 234 Å². The third kappa shape index (κ3) is 4.51. The van der Waals surface area contributed by atoms with Gasteiger partial charge >= 0.3 is 0 Å². The van der Waals surface area contributed by atoms with Crippen LogP contribution in [0.2, 0.25) is 10.0 Å². The molecule has 0 saturated carbocycles. The van der Waals surface area contributed by atoms with Gasteiger partial charge in [-0.05, 0) is 68.7 Å². The first-order chi connectivity index (χ1) is 18.1. The van der Waals surface area contributed by atoms with Crippen molar-refractivity contribution in [3.8, 4) is 11.5 Å². The van der Waals surface area contributed by atoms with Gasteiger partial charge in [-0.25, -0.2) is 18.9 Å². The molecule has 1 saturated heterocycles. The minimum Gasteiger partial charge on any atom is -0.417 e. The highest BCUT2D eigenvalue weighted by molar-refractivity contribution is 7.84. The van der Waals surface area contributed by atoms with Gasteiger partial charge in [0.15, 0.2) is 0 Å². The van der Waals surface area contributed by atoms with Crippen LogP contribution in [0.3, 0.4) is 0 Å². The van der Waals surface area contributed by atoms with Gasteiger partial charge in [0.1, 0.15) is 5.52 Å². The van der Waals surface area contributed by atoms with Crippen LogP contribution in [0.4, 0.5) is 5.95 Å². The van der Waals surface area contributed by atoms with E-state index in [1.165, 1.54) is 11.1 Å². The quantitative estimate of drug-likeness (QED) is 0.301. The van der Waals surface area contributed by atoms with Crippen molar-refractivity contribution in [3.63, 3.8) is 0 Å². The molecule has 2 aromatic carbocycles. The highest BCUT2D eigenvalue weighted by Crippen LogP contribution is 2.52. The first kappa shape index (κ1) is 25.7. The largest absolute Gasteiger partial charge is 0.417 e. The molecule has 1 aliphatic heterocycles. The second-order valence-corrected chi connectivity index (χ2v) is 13.9. The molecule has 0 amide bonds. The molecule has 6 rings (SSSR count). The average molecular weight is 571 g/mol. The van der Waals surface area contributed by atoms with Gasteiger partial charge in [0.2, 0.25) is 11.8 Å². The lowest BCUT2D eigenvalue weighted by molar-refractivity contribution is 0.177. The van der Waals surface area contributed by atoms with E-state index in [2.05, 4.69) is 43.9 Å². The summed E-state index contributed by atoms with van der Waals surface area (Å²) in [6.07, 6.45) is 4.51. The van der Waals surface area contributed by atoms with Crippen molar-refractivity contribution < 1.29 is 8.63 Å². The summed E-state index contributed by atoms with van der Waals surface area (Å²) in [7, 11) is -1.17. The lowest BCUT2D eigenvalue weighted by Crippen LogP contribution is -2.48. The molecule has 10 heteroatoms. The van der Waals surface area contributed by atoms with E-state index in [1.54, 1.807) is 24.4 Å². The van der Waals surface area contributed by atoms with E-state index in [1.807, 2.05) is 20.8 Å². The van der Waals surface area contributed by atoms with E-state index in [0.29, 0.717) is 38.7 Å². The van der Waals surface area contributed by atoms with Crippen molar-refractivity contribution in [3.05, 3.63) is 69.8 Å². The standard InChI is InChI=1S/C28H29Cl2N5O2S/c1-27(2,3)38(36)34-23-18-8-5-4-7-17(18)15-28(23)11-13-35(14-12-28)26-31-16-21-24(33-26)37-25(32-21)22-19(29)9-6-10-20(22)30/h4-10,16,23,34H,11-15H2,1-3H3/t23-,38?/m1/s1. The van der Waals surface area contributed by atoms with E-state index in [0.717, 1.165) is 32.4 Å². The van der Waals surface area contributed by atoms with E-state index < -0.39 is 11.0 Å². The number of halogens is 2. The van der Waals surface area contributed by atoms with Gasteiger partial charge < -0.3 is 9.32 Å². The predicted octanol–water partition coefficient (Wildman–Crippen LogP) is 6.53. The lowest BCUT2D eigenvalue weighted by Gasteiger charge is -2.43. The number of oxazole rings is 1. The fraction of sp³-hybridized carbons (Fsp3) is 0.393. The smallest absolute Gasteiger partial charge is 0.252 e. The van der Waals surface area contributed by atoms with E-state index in [9.17, 15) is 4.21 Å². The molecule has 1 unspecified atom stereocenters. The minimum absolute atomic E-state index is 0.00852. The molecular formula is C28H29Cl2N5O2S. The number of hydrogen-bond acceptors (Lipinski definition) is 6. The molecule has 1 N–H and O–H groups in total. The fourth-order valence-corrected chi connectivity index (χ4v) is 7.07. The summed E-state index contributed by atoms with van der Waals surface area (Å²) in [5.74, 6) is 0.933. The summed E-state index contributed by atoms with van der Waals surface area (Å²) in [5, 5.41) is 0.929. The zero-order valence-electron chi connectivity index (χ0n) is 21.5. The molecule has 7 nitrogen and oxygen atoms in total. The molecule has 0 radical (unpaired) electrons. The maximum atomic E-state index is 13.1. The summed E-state index contributed by atoms with van der Waals surface area (Å²) in [6, 6.07) is 13.9. The molecule has 3 heterocycles. The van der Waals surface area contributed by atoms with Crippen LogP contribution >= 0.6 is 23.2 Å². The first-order valence-corrected chi connectivity index (χ1v) is 14.6. The monoisotopic (exact) mass is 569 g/mol. The van der Waals surface area contributed by atoms with Crippen LogP contribution in [0, 0.1) is 5.41 Å². The van der Waals surface area contributed by atoms with Gasteiger partial charge in [-0.1, -0.05) is 53.5 Å². The number of nitrogens with zero attached hydrogens (tertiary/aromatic N) is 4. The van der Waals surface area contributed by atoms with Crippen LogP contribution < -0.4 is 9.62 Å². The molecule has 2 atom stereocenters. The molecule has 1 fully saturated rings. The third-order valence-electron chi connectivity index (χ3n) is 7.66. The Morgan fingerprint density at radius 1 is 1.05 bits per heavy atom. The second-order valence-electron chi connectivity index (χ2n) is 11.1. The van der Waals surface area contributed by atoms with Crippen molar-refractivity contribution in [1.29, 1.82) is 0 Å². The average Bonchev–Trinajstić information content (AvgIpc) is 3.42. The number of rotatable bonds is 4. The van der Waals surface area contributed by atoms with Gasteiger partial charge in [-0.15, -0.1) is 0 Å². The highest BCUT2D eigenvalue weighted by atomic mass is 35.5.